The van der Waals surface area contributed by atoms with Crippen molar-refractivity contribution in [2.24, 2.45) is 0 Å². The summed E-state index contributed by atoms with van der Waals surface area (Å²) in [7, 11) is 0. The highest BCUT2D eigenvalue weighted by Gasteiger charge is 2.30. The molecule has 1 N–H and O–H groups in total. The van der Waals surface area contributed by atoms with Gasteiger partial charge >= 0.3 is 6.36 Å². The summed E-state index contributed by atoms with van der Waals surface area (Å²) in [5, 5.41) is 10.7. The molecule has 0 radical (unpaired) electrons. The number of benzene rings is 1. The van der Waals surface area contributed by atoms with Gasteiger partial charge in [-0.2, -0.15) is 0 Å². The van der Waals surface area contributed by atoms with Gasteiger partial charge in [-0.25, -0.2) is 4.98 Å². The predicted molar refractivity (Wildman–Crippen MR) is 61.2 cm³/mol. The number of aliphatic hydroxyl groups is 1. The van der Waals surface area contributed by atoms with Crippen LogP contribution in [0.5, 0.6) is 16.7 Å². The van der Waals surface area contributed by atoms with Crippen LogP contribution in [0.3, 0.4) is 0 Å². The van der Waals surface area contributed by atoms with E-state index < -0.39 is 6.36 Å². The van der Waals surface area contributed by atoms with Crippen LogP contribution in [0, 0.1) is 0 Å². The van der Waals surface area contributed by atoms with Crippen LogP contribution in [-0.4, -0.2) is 16.5 Å². The highest BCUT2D eigenvalue weighted by atomic mass is 32.1. The average Bonchev–Trinajstić information content (AvgIpc) is 2.77. The van der Waals surface area contributed by atoms with Gasteiger partial charge < -0.3 is 14.6 Å². The molecule has 0 unspecified atom stereocenters. The predicted octanol–water partition coefficient (Wildman–Crippen LogP) is 3.33. The minimum absolute atomic E-state index is 0.196. The van der Waals surface area contributed by atoms with E-state index in [1.54, 1.807) is 5.38 Å². The molecule has 0 amide bonds. The number of alkyl halides is 3. The Morgan fingerprint density at radius 1 is 1.16 bits per heavy atom. The van der Waals surface area contributed by atoms with Crippen molar-refractivity contribution in [2.45, 2.75) is 13.0 Å². The van der Waals surface area contributed by atoms with Gasteiger partial charge in [-0.05, 0) is 24.3 Å². The van der Waals surface area contributed by atoms with E-state index in [-0.39, 0.29) is 12.4 Å². The Bertz CT molecular complexity index is 539. The highest BCUT2D eigenvalue weighted by molar-refractivity contribution is 7.11. The third kappa shape index (κ3) is 4.11. The third-order valence-electron chi connectivity index (χ3n) is 1.96. The number of aromatic nitrogens is 1. The van der Waals surface area contributed by atoms with Crippen LogP contribution in [-0.2, 0) is 6.61 Å². The van der Waals surface area contributed by atoms with Crippen LogP contribution >= 0.6 is 11.3 Å². The summed E-state index contributed by atoms with van der Waals surface area (Å²) in [5.41, 5.74) is 0.469. The molecule has 0 fully saturated rings. The lowest BCUT2D eigenvalue weighted by atomic mass is 10.3. The van der Waals surface area contributed by atoms with Crippen molar-refractivity contribution in [1.82, 2.24) is 4.98 Å². The van der Waals surface area contributed by atoms with Gasteiger partial charge in [0.05, 0.1) is 12.3 Å². The Morgan fingerprint density at radius 3 is 2.32 bits per heavy atom. The summed E-state index contributed by atoms with van der Waals surface area (Å²) in [4.78, 5) is 3.94. The molecule has 102 valence electrons. The molecule has 0 atom stereocenters. The zero-order valence-electron chi connectivity index (χ0n) is 9.35. The molecule has 0 aliphatic rings. The van der Waals surface area contributed by atoms with Crippen LogP contribution in [0.15, 0.2) is 29.6 Å². The molecule has 0 aliphatic heterocycles. The lowest BCUT2D eigenvalue weighted by molar-refractivity contribution is -0.274. The standard InChI is InChI=1S/C11H8F3NO3S/c12-11(13,14)18-9-3-1-8(2-4-9)17-10-15-7(5-16)6-19-10/h1-4,6,16H,5H2. The normalized spacial score (nSPS) is 11.4. The van der Waals surface area contributed by atoms with Gasteiger partial charge in [-0.3, -0.25) is 0 Å². The van der Waals surface area contributed by atoms with Crippen molar-refractivity contribution in [2.75, 3.05) is 0 Å². The monoisotopic (exact) mass is 291 g/mol. The Balaban J connectivity index is 2.02. The molecule has 1 aromatic heterocycles. The lowest BCUT2D eigenvalue weighted by Crippen LogP contribution is -2.16. The fourth-order valence-electron chi connectivity index (χ4n) is 1.22. The number of halogens is 3. The minimum atomic E-state index is -4.71. The van der Waals surface area contributed by atoms with E-state index in [4.69, 9.17) is 9.84 Å². The smallest absolute Gasteiger partial charge is 0.431 e. The van der Waals surface area contributed by atoms with Crippen LogP contribution < -0.4 is 9.47 Å². The van der Waals surface area contributed by atoms with Gasteiger partial charge in [0.15, 0.2) is 0 Å². The second-order valence-electron chi connectivity index (χ2n) is 3.38. The van der Waals surface area contributed by atoms with Crippen LogP contribution in [0.4, 0.5) is 13.2 Å². The van der Waals surface area contributed by atoms with E-state index in [2.05, 4.69) is 9.72 Å². The van der Waals surface area contributed by atoms with E-state index in [0.29, 0.717) is 16.6 Å². The third-order valence-corrected chi connectivity index (χ3v) is 2.72. The summed E-state index contributed by atoms with van der Waals surface area (Å²) in [6, 6.07) is 4.95. The molecule has 0 bridgehead atoms. The van der Waals surface area contributed by atoms with E-state index in [9.17, 15) is 13.2 Å². The first-order valence-electron chi connectivity index (χ1n) is 5.05. The maximum Gasteiger partial charge on any atom is 0.573 e. The number of thiazole rings is 1. The van der Waals surface area contributed by atoms with Crippen molar-refractivity contribution in [3.63, 3.8) is 0 Å². The van der Waals surface area contributed by atoms with Gasteiger partial charge in [0, 0.05) is 5.38 Å². The Labute approximate surface area is 110 Å². The maximum absolute atomic E-state index is 11.9. The minimum Gasteiger partial charge on any atom is -0.431 e. The molecule has 0 saturated heterocycles. The molecule has 1 heterocycles. The van der Waals surface area contributed by atoms with Gasteiger partial charge in [0.25, 0.3) is 5.19 Å². The lowest BCUT2D eigenvalue weighted by Gasteiger charge is -2.09. The number of hydrogen-bond donors (Lipinski definition) is 1. The molecule has 2 rings (SSSR count). The second kappa shape index (κ2) is 5.45. The molecule has 2 aromatic rings. The number of rotatable bonds is 4. The van der Waals surface area contributed by atoms with Crippen molar-refractivity contribution in [3.05, 3.63) is 35.3 Å². The number of ether oxygens (including phenoxy) is 2. The van der Waals surface area contributed by atoms with E-state index in [0.717, 1.165) is 12.1 Å². The molecule has 4 nitrogen and oxygen atoms in total. The molecule has 0 spiro atoms. The molecule has 8 heteroatoms. The van der Waals surface area contributed by atoms with E-state index in [1.807, 2.05) is 0 Å². The first kappa shape index (κ1) is 13.6. The van der Waals surface area contributed by atoms with Gasteiger partial charge in [-0.1, -0.05) is 11.3 Å². The topological polar surface area (TPSA) is 51.6 Å². The molecule has 0 saturated carbocycles. The van der Waals surface area contributed by atoms with Gasteiger partial charge in [0.2, 0.25) is 0 Å². The van der Waals surface area contributed by atoms with Crippen molar-refractivity contribution < 1.29 is 27.8 Å². The molecule has 1 aromatic carbocycles. The summed E-state index contributed by atoms with van der Waals surface area (Å²) in [5.74, 6) is 0.00315. The fraction of sp³-hybridized carbons (Fsp3) is 0.182. The Kier molecular flexibility index (Phi) is 3.91. The summed E-state index contributed by atoms with van der Waals surface area (Å²) in [6.07, 6.45) is -4.71. The Hall–Kier alpha value is -1.80. The van der Waals surface area contributed by atoms with Gasteiger partial charge in [-0.15, -0.1) is 13.2 Å². The second-order valence-corrected chi connectivity index (χ2v) is 4.20. The SMILES string of the molecule is OCc1csc(Oc2ccc(OC(F)(F)F)cc2)n1. The number of nitrogens with zero attached hydrogens (tertiary/aromatic N) is 1. The average molecular weight is 291 g/mol. The van der Waals surface area contributed by atoms with Crippen LogP contribution in [0.25, 0.3) is 0 Å². The van der Waals surface area contributed by atoms with Crippen LogP contribution in [0.2, 0.25) is 0 Å². The molecule has 19 heavy (non-hydrogen) atoms. The van der Waals surface area contributed by atoms with Gasteiger partial charge in [0.1, 0.15) is 11.5 Å². The molecular weight excluding hydrogens is 283 g/mol. The highest BCUT2D eigenvalue weighted by Crippen LogP contribution is 2.28. The first-order chi connectivity index (χ1) is 8.96. The quantitative estimate of drug-likeness (QED) is 0.938. The van der Waals surface area contributed by atoms with Crippen molar-refractivity contribution >= 4 is 11.3 Å². The van der Waals surface area contributed by atoms with Crippen molar-refractivity contribution in [1.29, 1.82) is 0 Å². The van der Waals surface area contributed by atoms with E-state index >= 15 is 0 Å². The Morgan fingerprint density at radius 2 is 1.79 bits per heavy atom. The van der Waals surface area contributed by atoms with Crippen LogP contribution in [0.1, 0.15) is 5.69 Å². The molecular formula is C11H8F3NO3S. The largest absolute Gasteiger partial charge is 0.573 e. The zero-order valence-corrected chi connectivity index (χ0v) is 10.2. The first-order valence-corrected chi connectivity index (χ1v) is 5.93. The zero-order chi connectivity index (χ0) is 13.9. The maximum atomic E-state index is 11.9. The summed E-state index contributed by atoms with van der Waals surface area (Å²) < 4.78 is 44.9. The number of aliphatic hydroxyl groups excluding tert-OH is 1. The molecule has 0 aliphatic carbocycles. The fourth-order valence-corrected chi connectivity index (χ4v) is 1.90. The van der Waals surface area contributed by atoms with E-state index in [1.165, 1.54) is 23.5 Å². The van der Waals surface area contributed by atoms with Crippen molar-refractivity contribution in [3.8, 4) is 16.7 Å². The summed E-state index contributed by atoms with van der Waals surface area (Å²) >= 11 is 1.18. The summed E-state index contributed by atoms with van der Waals surface area (Å²) in [6.45, 7) is -0.196. The number of hydrogen-bond acceptors (Lipinski definition) is 5.